The van der Waals surface area contributed by atoms with Gasteiger partial charge in [0.05, 0.1) is 0 Å². The van der Waals surface area contributed by atoms with Crippen LogP contribution in [0.4, 0.5) is 0 Å². The molecule has 0 bridgehead atoms. The molecular formula is C5H3KN4O4S. The molecule has 74 valence electrons. The number of hydrogen-bond donors (Lipinski definition) is 1. The van der Waals surface area contributed by atoms with Crippen LogP contribution < -0.4 is 51.4 Å². The maximum atomic E-state index is 10.7. The predicted octanol–water partition coefficient (Wildman–Crippen LogP) is -4.08. The molecule has 0 saturated heterocycles. The van der Waals surface area contributed by atoms with Gasteiger partial charge in [-0.3, -0.25) is 0 Å². The minimum absolute atomic E-state index is 0. The Labute approximate surface area is 127 Å². The maximum absolute atomic E-state index is 10.7. The van der Waals surface area contributed by atoms with Crippen LogP contribution in [0.2, 0.25) is 0 Å². The van der Waals surface area contributed by atoms with Crippen molar-refractivity contribution in [3.8, 4) is 11.5 Å². The van der Waals surface area contributed by atoms with Crippen molar-refractivity contribution in [2.75, 3.05) is 0 Å². The molecule has 0 fully saturated rings. The van der Waals surface area contributed by atoms with E-state index in [0.717, 1.165) is 12.7 Å². The van der Waals surface area contributed by atoms with Gasteiger partial charge >= 0.3 is 51.4 Å². The average molecular weight is 254 g/mol. The van der Waals surface area contributed by atoms with E-state index in [0.29, 0.717) is 4.73 Å². The SMILES string of the molecule is O=S(=O)([O-])c1ncn(O)c2ncnc1-2.[K+]. The summed E-state index contributed by atoms with van der Waals surface area (Å²) < 4.78 is 32.5. The van der Waals surface area contributed by atoms with Gasteiger partial charge in [-0.15, -0.1) is 0 Å². The summed E-state index contributed by atoms with van der Waals surface area (Å²) in [5.74, 6) is -0.130. The quantitative estimate of drug-likeness (QED) is 0.238. The Morgan fingerprint density at radius 3 is 2.60 bits per heavy atom. The van der Waals surface area contributed by atoms with Crippen molar-refractivity contribution in [1.29, 1.82) is 0 Å². The van der Waals surface area contributed by atoms with Gasteiger partial charge < -0.3 is 9.76 Å². The smallest absolute Gasteiger partial charge is 0.743 e. The molecule has 1 N–H and O–H groups in total. The molecule has 2 aliphatic heterocycles. The molecule has 15 heavy (non-hydrogen) atoms. The number of imidazole rings is 1. The Kier molecular flexibility index (Phi) is 3.81. The minimum Gasteiger partial charge on any atom is -0.743 e. The summed E-state index contributed by atoms with van der Waals surface area (Å²) in [6, 6.07) is 0. The average Bonchev–Trinajstić information content (AvgIpc) is 2.50. The summed E-state index contributed by atoms with van der Waals surface area (Å²) in [4.78, 5) is 10.3. The second-order valence-corrected chi connectivity index (χ2v) is 3.69. The monoisotopic (exact) mass is 254 g/mol. The first-order valence-corrected chi connectivity index (χ1v) is 4.74. The van der Waals surface area contributed by atoms with Crippen LogP contribution in [-0.2, 0) is 10.1 Å². The standard InChI is InChI=1S/C5H4N4O4S.K/c10-9-2-8-5(14(11,12)13)3-4(9)7-1-6-3;/h1-2,10H,(H,11,12,13);/q;+1/p-1. The molecule has 0 saturated carbocycles. The van der Waals surface area contributed by atoms with E-state index >= 15 is 0 Å². The molecule has 10 heteroatoms. The fourth-order valence-electron chi connectivity index (χ4n) is 0.985. The Hall–Kier alpha value is -0.104. The summed E-state index contributed by atoms with van der Waals surface area (Å²) in [7, 11) is -4.70. The van der Waals surface area contributed by atoms with Crippen molar-refractivity contribution in [3.63, 3.8) is 0 Å². The number of fused-ring (bicyclic) bond motifs is 1. The van der Waals surface area contributed by atoms with Gasteiger partial charge in [-0.2, -0.15) is 4.73 Å². The summed E-state index contributed by atoms with van der Waals surface area (Å²) in [5, 5.41) is 8.36. The van der Waals surface area contributed by atoms with E-state index < -0.39 is 15.1 Å². The molecule has 0 amide bonds. The van der Waals surface area contributed by atoms with Crippen LogP contribution in [0, 0.1) is 0 Å². The third kappa shape index (κ3) is 2.36. The zero-order valence-electron chi connectivity index (χ0n) is 7.52. The third-order valence-corrected chi connectivity index (χ3v) is 2.29. The first kappa shape index (κ1) is 13.0. The number of hydrogen-bond acceptors (Lipinski definition) is 7. The van der Waals surface area contributed by atoms with Gasteiger partial charge in [0.25, 0.3) is 0 Å². The Balaban J connectivity index is 0.00000112. The van der Waals surface area contributed by atoms with Gasteiger partial charge in [0.15, 0.2) is 10.9 Å². The van der Waals surface area contributed by atoms with Crippen molar-refractivity contribution in [1.82, 2.24) is 19.7 Å². The van der Waals surface area contributed by atoms with Crippen LogP contribution in [0.25, 0.3) is 11.5 Å². The molecular weight excluding hydrogens is 251 g/mol. The summed E-state index contributed by atoms with van der Waals surface area (Å²) in [6.07, 6.45) is 1.79. The maximum Gasteiger partial charge on any atom is 1.00 e. The molecule has 0 aromatic rings. The van der Waals surface area contributed by atoms with Crippen LogP contribution in [0.5, 0.6) is 0 Å². The minimum atomic E-state index is -4.70. The van der Waals surface area contributed by atoms with E-state index in [9.17, 15) is 13.0 Å². The molecule has 2 rings (SSSR count). The Morgan fingerprint density at radius 2 is 2.00 bits per heavy atom. The second kappa shape index (κ2) is 4.41. The summed E-state index contributed by atoms with van der Waals surface area (Å²) >= 11 is 0. The largest absolute Gasteiger partial charge is 1.00 e. The zero-order valence-corrected chi connectivity index (χ0v) is 11.5. The molecule has 8 nitrogen and oxygen atoms in total. The first-order valence-electron chi connectivity index (χ1n) is 3.33. The van der Waals surface area contributed by atoms with Gasteiger partial charge in [0.1, 0.15) is 28.5 Å². The van der Waals surface area contributed by atoms with Crippen LogP contribution >= 0.6 is 0 Å². The van der Waals surface area contributed by atoms with Crippen molar-refractivity contribution in [2.45, 2.75) is 5.03 Å². The van der Waals surface area contributed by atoms with Crippen molar-refractivity contribution < 1.29 is 69.6 Å². The summed E-state index contributed by atoms with van der Waals surface area (Å²) in [6.45, 7) is 0. The van der Waals surface area contributed by atoms with Gasteiger partial charge in [0.2, 0.25) is 0 Å². The van der Waals surface area contributed by atoms with E-state index in [1.54, 1.807) is 0 Å². The van der Waals surface area contributed by atoms with Crippen molar-refractivity contribution in [2.24, 2.45) is 0 Å². The van der Waals surface area contributed by atoms with Gasteiger partial charge in [-0.1, -0.05) is 0 Å². The molecule has 0 unspecified atom stereocenters. The Morgan fingerprint density at radius 1 is 1.33 bits per heavy atom. The van der Waals surface area contributed by atoms with E-state index in [2.05, 4.69) is 15.0 Å². The molecule has 0 aromatic carbocycles. The summed E-state index contributed by atoms with van der Waals surface area (Å²) in [5.41, 5.74) is -0.245. The number of rotatable bonds is 1. The normalized spacial score (nSPS) is 11.3. The van der Waals surface area contributed by atoms with E-state index in [-0.39, 0.29) is 62.9 Å². The van der Waals surface area contributed by atoms with Gasteiger partial charge in [0, 0.05) is 0 Å². The van der Waals surface area contributed by atoms with E-state index in [1.807, 2.05) is 0 Å². The van der Waals surface area contributed by atoms with Crippen LogP contribution in [-0.4, -0.2) is 37.9 Å². The number of aromatic nitrogens is 4. The second-order valence-electron chi connectivity index (χ2n) is 2.39. The predicted molar refractivity (Wildman–Crippen MR) is 39.6 cm³/mol. The van der Waals surface area contributed by atoms with Crippen LogP contribution in [0.1, 0.15) is 0 Å². The molecule has 2 heterocycles. The zero-order chi connectivity index (χ0) is 10.3. The van der Waals surface area contributed by atoms with Crippen LogP contribution in [0.3, 0.4) is 0 Å². The first-order chi connectivity index (χ1) is 6.50. The van der Waals surface area contributed by atoms with Gasteiger partial charge in [-0.05, 0) is 0 Å². The molecule has 0 aliphatic carbocycles. The van der Waals surface area contributed by atoms with E-state index in [4.69, 9.17) is 5.21 Å². The van der Waals surface area contributed by atoms with Crippen molar-refractivity contribution in [3.05, 3.63) is 12.7 Å². The topological polar surface area (TPSA) is 121 Å². The molecule has 0 radical (unpaired) electrons. The number of nitrogens with zero attached hydrogens (tertiary/aromatic N) is 4. The fourth-order valence-corrected chi connectivity index (χ4v) is 1.54. The van der Waals surface area contributed by atoms with Gasteiger partial charge in [-0.25, -0.2) is 23.4 Å². The Bertz CT molecular complexity index is 552. The van der Waals surface area contributed by atoms with Crippen molar-refractivity contribution >= 4 is 10.1 Å². The fraction of sp³-hybridized carbons (Fsp3) is 0. The molecule has 0 atom stereocenters. The third-order valence-electron chi connectivity index (χ3n) is 1.52. The van der Waals surface area contributed by atoms with E-state index in [1.165, 1.54) is 0 Å². The molecule has 2 aliphatic rings. The van der Waals surface area contributed by atoms with Crippen LogP contribution in [0.15, 0.2) is 17.7 Å². The molecule has 0 aromatic heterocycles. The molecule has 0 spiro atoms.